The summed E-state index contributed by atoms with van der Waals surface area (Å²) >= 11 is 0. The van der Waals surface area contributed by atoms with Crippen molar-refractivity contribution in [1.82, 2.24) is 9.97 Å². The van der Waals surface area contributed by atoms with Crippen LogP contribution in [0.5, 0.6) is 0 Å². The predicted octanol–water partition coefficient (Wildman–Crippen LogP) is 1.82. The number of aromatic nitrogens is 2. The first-order chi connectivity index (χ1) is 7.70. The molecule has 2 aromatic rings. The van der Waals surface area contributed by atoms with E-state index < -0.39 is 0 Å². The van der Waals surface area contributed by atoms with E-state index in [0.29, 0.717) is 17.0 Å². The maximum absolute atomic E-state index is 11.9. The van der Waals surface area contributed by atoms with E-state index in [4.69, 9.17) is 5.26 Å². The predicted molar refractivity (Wildman–Crippen MR) is 57.9 cm³/mol. The summed E-state index contributed by atoms with van der Waals surface area (Å²) in [5, 5.41) is 8.63. The van der Waals surface area contributed by atoms with Crippen LogP contribution in [-0.4, -0.2) is 15.8 Å². The molecule has 0 atom stereocenters. The maximum Gasteiger partial charge on any atom is 0.228 e. The Morgan fingerprint density at radius 3 is 2.56 bits per heavy atom. The second-order valence-corrected chi connectivity index (χ2v) is 3.41. The fourth-order valence-electron chi connectivity index (χ4n) is 1.36. The molecule has 0 radical (unpaired) electrons. The van der Waals surface area contributed by atoms with Gasteiger partial charge in [0.25, 0.3) is 0 Å². The lowest BCUT2D eigenvalue weighted by Gasteiger charge is -1.97. The zero-order valence-electron chi connectivity index (χ0n) is 8.69. The number of rotatable bonds is 2. The zero-order chi connectivity index (χ0) is 11.5. The van der Waals surface area contributed by atoms with Crippen molar-refractivity contribution >= 4 is 5.78 Å². The lowest BCUT2D eigenvalue weighted by Crippen LogP contribution is -2.03. The minimum Gasteiger partial charge on any atom is -0.342 e. The van der Waals surface area contributed by atoms with Crippen LogP contribution in [0.1, 0.15) is 27.4 Å². The molecule has 0 aliphatic rings. The molecule has 0 aliphatic heterocycles. The summed E-state index contributed by atoms with van der Waals surface area (Å²) in [5.74, 6) is 0.153. The number of aryl methyl sites for hydroxylation is 1. The van der Waals surface area contributed by atoms with Gasteiger partial charge in [-0.1, -0.05) is 0 Å². The van der Waals surface area contributed by atoms with E-state index in [2.05, 4.69) is 9.97 Å². The molecule has 0 aliphatic carbocycles. The van der Waals surface area contributed by atoms with Crippen molar-refractivity contribution in [3.8, 4) is 6.07 Å². The highest BCUT2D eigenvalue weighted by Crippen LogP contribution is 2.08. The van der Waals surface area contributed by atoms with Crippen molar-refractivity contribution < 1.29 is 4.79 Å². The first-order valence-electron chi connectivity index (χ1n) is 4.77. The number of ketones is 1. The van der Waals surface area contributed by atoms with Gasteiger partial charge in [-0.15, -0.1) is 0 Å². The average Bonchev–Trinajstić information content (AvgIpc) is 2.75. The number of hydrogen-bond acceptors (Lipinski definition) is 3. The molecule has 1 aromatic heterocycles. The second kappa shape index (κ2) is 3.99. The lowest BCUT2D eigenvalue weighted by atomic mass is 10.1. The number of imidazole rings is 1. The second-order valence-electron chi connectivity index (χ2n) is 3.41. The fraction of sp³-hybridized carbons (Fsp3) is 0.0833. The van der Waals surface area contributed by atoms with Gasteiger partial charge in [-0.25, -0.2) is 4.98 Å². The number of nitriles is 1. The Bertz CT molecular complexity index is 561. The van der Waals surface area contributed by atoms with Gasteiger partial charge in [0.15, 0.2) is 5.82 Å². The number of carbonyl (C=O) groups is 1. The van der Waals surface area contributed by atoms with Crippen LogP contribution in [0.4, 0.5) is 0 Å². The quantitative estimate of drug-likeness (QED) is 0.770. The molecule has 2 rings (SSSR count). The molecule has 0 bridgehead atoms. The number of benzene rings is 1. The summed E-state index contributed by atoms with van der Waals surface area (Å²) in [4.78, 5) is 18.7. The molecule has 78 valence electrons. The van der Waals surface area contributed by atoms with Gasteiger partial charge in [-0.2, -0.15) is 5.26 Å². The molecule has 1 aromatic carbocycles. The Morgan fingerprint density at radius 2 is 2.06 bits per heavy atom. The summed E-state index contributed by atoms with van der Waals surface area (Å²) in [7, 11) is 0. The minimum atomic E-state index is -0.169. The first kappa shape index (κ1) is 10.1. The van der Waals surface area contributed by atoms with Gasteiger partial charge >= 0.3 is 0 Å². The molecule has 0 unspecified atom stereocenters. The van der Waals surface area contributed by atoms with Crippen LogP contribution < -0.4 is 0 Å². The Labute approximate surface area is 92.6 Å². The van der Waals surface area contributed by atoms with Gasteiger partial charge in [0, 0.05) is 11.8 Å². The number of carbonyl (C=O) groups excluding carboxylic acids is 1. The molecule has 4 heteroatoms. The minimum absolute atomic E-state index is 0.169. The van der Waals surface area contributed by atoms with Crippen molar-refractivity contribution in [2.75, 3.05) is 0 Å². The van der Waals surface area contributed by atoms with E-state index >= 15 is 0 Å². The number of H-pyrrole nitrogens is 1. The van der Waals surface area contributed by atoms with Gasteiger partial charge in [0.05, 0.1) is 17.3 Å². The van der Waals surface area contributed by atoms with Crippen LogP contribution in [0, 0.1) is 18.3 Å². The smallest absolute Gasteiger partial charge is 0.228 e. The van der Waals surface area contributed by atoms with Gasteiger partial charge in [0.1, 0.15) is 0 Å². The van der Waals surface area contributed by atoms with Crippen LogP contribution in [0.2, 0.25) is 0 Å². The van der Waals surface area contributed by atoms with E-state index in [0.717, 1.165) is 5.69 Å². The molecule has 16 heavy (non-hydrogen) atoms. The van der Waals surface area contributed by atoms with Gasteiger partial charge in [0.2, 0.25) is 5.78 Å². The van der Waals surface area contributed by atoms with Crippen LogP contribution >= 0.6 is 0 Å². The van der Waals surface area contributed by atoms with Crippen molar-refractivity contribution in [2.45, 2.75) is 6.92 Å². The summed E-state index contributed by atoms with van der Waals surface area (Å²) < 4.78 is 0. The number of aromatic amines is 1. The van der Waals surface area contributed by atoms with Gasteiger partial charge < -0.3 is 4.98 Å². The number of hydrogen-bond donors (Lipinski definition) is 1. The van der Waals surface area contributed by atoms with E-state index in [9.17, 15) is 4.79 Å². The monoisotopic (exact) mass is 211 g/mol. The van der Waals surface area contributed by atoms with Crippen molar-refractivity contribution in [3.05, 3.63) is 53.1 Å². The molecule has 0 spiro atoms. The van der Waals surface area contributed by atoms with Gasteiger partial charge in [-0.05, 0) is 31.2 Å². The van der Waals surface area contributed by atoms with Crippen LogP contribution in [-0.2, 0) is 0 Å². The largest absolute Gasteiger partial charge is 0.342 e. The Morgan fingerprint density at radius 1 is 1.38 bits per heavy atom. The fourth-order valence-corrected chi connectivity index (χ4v) is 1.36. The van der Waals surface area contributed by atoms with Crippen molar-refractivity contribution in [2.24, 2.45) is 0 Å². The van der Waals surface area contributed by atoms with Crippen LogP contribution in [0.25, 0.3) is 0 Å². The molecule has 0 amide bonds. The van der Waals surface area contributed by atoms with Crippen molar-refractivity contribution in [1.29, 1.82) is 5.26 Å². The molecule has 0 saturated carbocycles. The van der Waals surface area contributed by atoms with E-state index in [1.165, 1.54) is 0 Å². The normalized spacial score (nSPS) is 9.75. The van der Waals surface area contributed by atoms with Crippen LogP contribution in [0.3, 0.4) is 0 Å². The van der Waals surface area contributed by atoms with Gasteiger partial charge in [-0.3, -0.25) is 4.79 Å². The molecule has 1 heterocycles. The highest BCUT2D eigenvalue weighted by Gasteiger charge is 2.11. The SMILES string of the molecule is Cc1c[nH]c(C(=O)c2ccc(C#N)cc2)n1. The molecule has 1 N–H and O–H groups in total. The highest BCUT2D eigenvalue weighted by atomic mass is 16.1. The third-order valence-corrected chi connectivity index (χ3v) is 2.20. The van der Waals surface area contributed by atoms with E-state index in [1.807, 2.05) is 13.0 Å². The first-order valence-corrected chi connectivity index (χ1v) is 4.77. The molecular formula is C12H9N3O. The third kappa shape index (κ3) is 1.84. The Balaban J connectivity index is 2.31. The molecule has 0 fully saturated rings. The topological polar surface area (TPSA) is 69.5 Å². The van der Waals surface area contributed by atoms with Crippen LogP contribution in [0.15, 0.2) is 30.5 Å². The van der Waals surface area contributed by atoms with E-state index in [-0.39, 0.29) is 5.78 Å². The summed E-state index contributed by atoms with van der Waals surface area (Å²) in [5.41, 5.74) is 1.83. The summed E-state index contributed by atoms with van der Waals surface area (Å²) in [6.45, 7) is 1.81. The molecule has 0 saturated heterocycles. The number of nitrogens with one attached hydrogen (secondary N) is 1. The highest BCUT2D eigenvalue weighted by molar-refractivity contribution is 6.06. The Hall–Kier alpha value is -2.41. The Kier molecular flexibility index (Phi) is 2.52. The summed E-state index contributed by atoms with van der Waals surface area (Å²) in [6.07, 6.45) is 1.68. The standard InChI is InChI=1S/C12H9N3O/c1-8-7-14-12(15-8)11(16)10-4-2-9(6-13)3-5-10/h2-5,7H,1H3,(H,14,15). The van der Waals surface area contributed by atoms with E-state index in [1.54, 1.807) is 30.5 Å². The lowest BCUT2D eigenvalue weighted by molar-refractivity contribution is 0.103. The zero-order valence-corrected chi connectivity index (χ0v) is 8.69. The average molecular weight is 211 g/mol. The van der Waals surface area contributed by atoms with Crippen molar-refractivity contribution in [3.63, 3.8) is 0 Å². The summed E-state index contributed by atoms with van der Waals surface area (Å²) in [6, 6.07) is 8.48. The molecular weight excluding hydrogens is 202 g/mol. The molecule has 4 nitrogen and oxygen atoms in total. The third-order valence-electron chi connectivity index (χ3n) is 2.20. The maximum atomic E-state index is 11.9. The number of nitrogens with zero attached hydrogens (tertiary/aromatic N) is 2.